The van der Waals surface area contributed by atoms with E-state index in [4.69, 9.17) is 0 Å². The van der Waals surface area contributed by atoms with Gasteiger partial charge in [-0.1, -0.05) is 24.6 Å². The monoisotopic (exact) mass is 257 g/mol. The van der Waals surface area contributed by atoms with Crippen molar-refractivity contribution in [3.8, 4) is 11.4 Å². The normalized spacial score (nSPS) is 17.1. The van der Waals surface area contributed by atoms with Crippen molar-refractivity contribution >= 4 is 0 Å². The van der Waals surface area contributed by atoms with Gasteiger partial charge in [0.1, 0.15) is 0 Å². The van der Waals surface area contributed by atoms with Gasteiger partial charge in [0, 0.05) is 18.2 Å². The van der Waals surface area contributed by atoms with Gasteiger partial charge in [-0.2, -0.15) is 5.21 Å². The van der Waals surface area contributed by atoms with E-state index in [2.05, 4.69) is 45.0 Å². The van der Waals surface area contributed by atoms with Crippen molar-refractivity contribution in [1.29, 1.82) is 0 Å². The van der Waals surface area contributed by atoms with Gasteiger partial charge in [0.25, 0.3) is 0 Å². The first kappa shape index (κ1) is 12.3. The molecule has 100 valence electrons. The van der Waals surface area contributed by atoms with E-state index in [-0.39, 0.29) is 0 Å². The minimum Gasteiger partial charge on any atom is -0.310 e. The van der Waals surface area contributed by atoms with Crippen molar-refractivity contribution in [3.63, 3.8) is 0 Å². The van der Waals surface area contributed by atoms with Crippen molar-refractivity contribution in [1.82, 2.24) is 25.9 Å². The predicted molar refractivity (Wildman–Crippen MR) is 73.3 cm³/mol. The molecule has 2 N–H and O–H groups in total. The molecule has 0 saturated heterocycles. The Kier molecular flexibility index (Phi) is 3.55. The van der Waals surface area contributed by atoms with E-state index >= 15 is 0 Å². The summed E-state index contributed by atoms with van der Waals surface area (Å²) in [6.45, 7) is 3.18. The molecule has 1 heterocycles. The summed E-state index contributed by atoms with van der Waals surface area (Å²) in [7, 11) is 0. The maximum atomic E-state index is 4.01. The molecule has 2 aromatic rings. The highest BCUT2D eigenvalue weighted by atomic mass is 15.5. The third-order valence-corrected chi connectivity index (χ3v) is 4.02. The Morgan fingerprint density at radius 1 is 1.42 bits per heavy atom. The van der Waals surface area contributed by atoms with E-state index in [9.17, 15) is 0 Å². The zero-order valence-electron chi connectivity index (χ0n) is 11.1. The third-order valence-electron chi connectivity index (χ3n) is 4.02. The summed E-state index contributed by atoms with van der Waals surface area (Å²) >= 11 is 0. The van der Waals surface area contributed by atoms with Crippen LogP contribution in [0.3, 0.4) is 0 Å². The Balaban J connectivity index is 1.63. The van der Waals surface area contributed by atoms with Crippen molar-refractivity contribution in [2.75, 3.05) is 0 Å². The number of tetrazole rings is 1. The fraction of sp³-hybridized carbons (Fsp3) is 0.500. The number of aromatic nitrogens is 4. The minimum absolute atomic E-state index is 0.600. The average Bonchev–Trinajstić information content (AvgIpc) is 2.88. The van der Waals surface area contributed by atoms with Gasteiger partial charge in [0.2, 0.25) is 5.82 Å². The second-order valence-corrected chi connectivity index (χ2v) is 5.30. The molecular weight excluding hydrogens is 238 g/mol. The first-order valence-electron chi connectivity index (χ1n) is 6.89. The number of nitrogens with zero attached hydrogens (tertiary/aromatic N) is 3. The molecule has 3 rings (SSSR count). The van der Waals surface area contributed by atoms with Gasteiger partial charge in [-0.15, -0.1) is 10.2 Å². The second-order valence-electron chi connectivity index (χ2n) is 5.30. The molecule has 1 atom stereocenters. The molecule has 1 aliphatic carbocycles. The highest BCUT2D eigenvalue weighted by Crippen LogP contribution is 2.29. The number of rotatable bonds is 5. The molecule has 0 spiro atoms. The molecule has 5 heteroatoms. The fourth-order valence-electron chi connectivity index (χ4n) is 2.49. The zero-order chi connectivity index (χ0) is 13.1. The summed E-state index contributed by atoms with van der Waals surface area (Å²) in [5.41, 5.74) is 2.26. The van der Waals surface area contributed by atoms with E-state index in [0.717, 1.165) is 18.0 Å². The van der Waals surface area contributed by atoms with Crippen LogP contribution in [0.25, 0.3) is 11.4 Å². The molecule has 0 aliphatic heterocycles. The van der Waals surface area contributed by atoms with Gasteiger partial charge >= 0.3 is 0 Å². The first-order chi connectivity index (χ1) is 9.33. The van der Waals surface area contributed by atoms with Crippen LogP contribution in [0.4, 0.5) is 0 Å². The van der Waals surface area contributed by atoms with Crippen molar-refractivity contribution in [3.05, 3.63) is 29.8 Å². The van der Waals surface area contributed by atoms with Crippen LogP contribution in [0.15, 0.2) is 24.3 Å². The van der Waals surface area contributed by atoms with Gasteiger partial charge in [0.05, 0.1) is 0 Å². The van der Waals surface area contributed by atoms with Crippen LogP contribution in [-0.4, -0.2) is 26.7 Å². The summed E-state index contributed by atoms with van der Waals surface area (Å²) in [6.07, 6.45) is 4.14. The second kappa shape index (κ2) is 5.48. The SMILES string of the molecule is C[C@H](NCc1cccc(-c2nn[nH]n2)c1)C1CCC1. The van der Waals surface area contributed by atoms with Gasteiger partial charge in [0.15, 0.2) is 0 Å². The molecule has 1 aliphatic rings. The average molecular weight is 257 g/mol. The maximum Gasteiger partial charge on any atom is 0.204 e. The third kappa shape index (κ3) is 2.81. The van der Waals surface area contributed by atoms with E-state index in [0.29, 0.717) is 11.9 Å². The smallest absolute Gasteiger partial charge is 0.204 e. The number of hydrogen-bond donors (Lipinski definition) is 2. The van der Waals surface area contributed by atoms with Crippen LogP contribution in [0.5, 0.6) is 0 Å². The first-order valence-corrected chi connectivity index (χ1v) is 6.89. The molecule has 1 fully saturated rings. The highest BCUT2D eigenvalue weighted by Gasteiger charge is 2.23. The molecule has 5 nitrogen and oxygen atoms in total. The van der Waals surface area contributed by atoms with Gasteiger partial charge < -0.3 is 5.32 Å². The Labute approximate surface area is 112 Å². The van der Waals surface area contributed by atoms with E-state index in [1.165, 1.54) is 24.8 Å². The van der Waals surface area contributed by atoms with Gasteiger partial charge in [-0.25, -0.2) is 0 Å². The lowest BCUT2D eigenvalue weighted by Crippen LogP contribution is -2.36. The largest absolute Gasteiger partial charge is 0.310 e. The Bertz CT molecular complexity index is 518. The summed E-state index contributed by atoms with van der Waals surface area (Å²) in [6, 6.07) is 8.89. The summed E-state index contributed by atoms with van der Waals surface area (Å²) in [5.74, 6) is 1.51. The topological polar surface area (TPSA) is 66.5 Å². The lowest BCUT2D eigenvalue weighted by Gasteiger charge is -2.32. The Hall–Kier alpha value is -1.75. The molecule has 1 aromatic heterocycles. The summed E-state index contributed by atoms with van der Waals surface area (Å²) < 4.78 is 0. The lowest BCUT2D eigenvalue weighted by molar-refractivity contribution is 0.240. The Morgan fingerprint density at radius 2 is 2.32 bits per heavy atom. The van der Waals surface area contributed by atoms with Crippen LogP contribution in [0.2, 0.25) is 0 Å². The van der Waals surface area contributed by atoms with Crippen LogP contribution < -0.4 is 5.32 Å². The zero-order valence-corrected chi connectivity index (χ0v) is 11.1. The fourth-order valence-corrected chi connectivity index (χ4v) is 2.49. The minimum atomic E-state index is 0.600. The van der Waals surface area contributed by atoms with Crippen molar-refractivity contribution in [2.45, 2.75) is 38.8 Å². The van der Waals surface area contributed by atoms with Crippen molar-refractivity contribution < 1.29 is 0 Å². The summed E-state index contributed by atoms with van der Waals surface area (Å²) in [4.78, 5) is 0. The molecule has 1 saturated carbocycles. The lowest BCUT2D eigenvalue weighted by atomic mass is 9.80. The van der Waals surface area contributed by atoms with E-state index < -0.39 is 0 Å². The standard InChI is InChI=1S/C14H19N5/c1-10(12-5-3-6-12)15-9-11-4-2-7-13(8-11)14-16-18-19-17-14/h2,4,7-8,10,12,15H,3,5-6,9H2,1H3,(H,16,17,18,19)/t10-/m0/s1. The van der Waals surface area contributed by atoms with Gasteiger partial charge in [-0.3, -0.25) is 0 Å². The Morgan fingerprint density at radius 3 is 3.00 bits per heavy atom. The molecule has 0 radical (unpaired) electrons. The molecular formula is C14H19N5. The van der Waals surface area contributed by atoms with Crippen LogP contribution in [0.1, 0.15) is 31.7 Å². The number of H-pyrrole nitrogens is 1. The molecule has 19 heavy (non-hydrogen) atoms. The maximum absolute atomic E-state index is 4.01. The number of aromatic amines is 1. The van der Waals surface area contributed by atoms with Crippen LogP contribution >= 0.6 is 0 Å². The van der Waals surface area contributed by atoms with Crippen LogP contribution in [0, 0.1) is 5.92 Å². The molecule has 0 amide bonds. The van der Waals surface area contributed by atoms with Crippen LogP contribution in [-0.2, 0) is 6.54 Å². The van der Waals surface area contributed by atoms with E-state index in [1.807, 2.05) is 12.1 Å². The molecule has 0 bridgehead atoms. The summed E-state index contributed by atoms with van der Waals surface area (Å²) in [5, 5.41) is 17.7. The molecule has 0 unspecified atom stereocenters. The number of hydrogen-bond acceptors (Lipinski definition) is 4. The highest BCUT2D eigenvalue weighted by molar-refractivity contribution is 5.54. The van der Waals surface area contributed by atoms with Crippen molar-refractivity contribution in [2.24, 2.45) is 5.92 Å². The number of nitrogens with one attached hydrogen (secondary N) is 2. The quantitative estimate of drug-likeness (QED) is 0.861. The van der Waals surface area contributed by atoms with E-state index in [1.54, 1.807) is 0 Å². The molecule has 1 aromatic carbocycles. The predicted octanol–water partition coefficient (Wildman–Crippen LogP) is 2.14. The van der Waals surface area contributed by atoms with Gasteiger partial charge in [-0.05, 0) is 42.5 Å². The number of benzene rings is 1.